The average molecular weight is 313 g/mol. The highest BCUT2D eigenvalue weighted by Gasteiger charge is 2.33. The third kappa shape index (κ3) is 4.18. The first kappa shape index (κ1) is 16.7. The summed E-state index contributed by atoms with van der Waals surface area (Å²) in [6.07, 6.45) is 5.55. The molecule has 4 heteroatoms. The minimum absolute atomic E-state index is 0.122. The number of likely N-dealkylation sites (tertiary alicyclic amines) is 1. The normalized spacial score (nSPS) is 19.3. The molecular formula is C17H26ClFN2. The largest absolute Gasteiger partial charge is 0.326 e. The molecule has 0 aromatic heterocycles. The monoisotopic (exact) mass is 312 g/mol. The fraction of sp³-hybridized carbons (Fsp3) is 0.647. The zero-order valence-electron chi connectivity index (χ0n) is 13.0. The quantitative estimate of drug-likeness (QED) is 0.910. The van der Waals surface area contributed by atoms with Gasteiger partial charge in [-0.2, -0.15) is 0 Å². The standard InChI is InChI=1S/C17H26ClFN2/c1-17(2,21-9-5-3-4-6-10-21)16(20)12-13-11-14(18)7-8-15(13)19/h7-8,11,16H,3-6,9-10,12,20H2,1-2H3. The zero-order valence-corrected chi connectivity index (χ0v) is 13.8. The molecule has 0 spiro atoms. The van der Waals surface area contributed by atoms with Crippen molar-refractivity contribution in [2.45, 2.75) is 57.5 Å². The Morgan fingerprint density at radius 2 is 1.86 bits per heavy atom. The molecule has 21 heavy (non-hydrogen) atoms. The summed E-state index contributed by atoms with van der Waals surface area (Å²) in [6, 6.07) is 4.56. The average Bonchev–Trinajstić information content (AvgIpc) is 2.72. The van der Waals surface area contributed by atoms with E-state index < -0.39 is 0 Å². The van der Waals surface area contributed by atoms with Gasteiger partial charge in [-0.25, -0.2) is 4.39 Å². The highest BCUT2D eigenvalue weighted by molar-refractivity contribution is 6.30. The number of halogens is 2. The molecule has 1 heterocycles. The molecule has 0 amide bonds. The van der Waals surface area contributed by atoms with Crippen LogP contribution >= 0.6 is 11.6 Å². The van der Waals surface area contributed by atoms with Gasteiger partial charge in [0.25, 0.3) is 0 Å². The van der Waals surface area contributed by atoms with Crippen molar-refractivity contribution in [3.05, 3.63) is 34.6 Å². The van der Waals surface area contributed by atoms with Crippen molar-refractivity contribution in [1.82, 2.24) is 4.90 Å². The first-order valence-corrected chi connectivity index (χ1v) is 8.23. The van der Waals surface area contributed by atoms with Gasteiger partial charge >= 0.3 is 0 Å². The molecule has 0 bridgehead atoms. The number of nitrogens with two attached hydrogens (primary N) is 1. The van der Waals surface area contributed by atoms with Crippen molar-refractivity contribution in [3.63, 3.8) is 0 Å². The predicted molar refractivity (Wildman–Crippen MR) is 87.2 cm³/mol. The van der Waals surface area contributed by atoms with E-state index in [4.69, 9.17) is 17.3 Å². The van der Waals surface area contributed by atoms with Crippen LogP contribution in [0, 0.1) is 5.82 Å². The maximum atomic E-state index is 13.9. The highest BCUT2D eigenvalue weighted by atomic mass is 35.5. The molecule has 0 radical (unpaired) electrons. The molecule has 2 N–H and O–H groups in total. The third-order valence-corrected chi connectivity index (χ3v) is 5.01. The molecule has 1 atom stereocenters. The van der Waals surface area contributed by atoms with Crippen LogP contribution in [0.2, 0.25) is 5.02 Å². The van der Waals surface area contributed by atoms with Crippen molar-refractivity contribution in [2.24, 2.45) is 5.73 Å². The molecular weight excluding hydrogens is 287 g/mol. The van der Waals surface area contributed by atoms with Gasteiger partial charge in [0.05, 0.1) is 0 Å². The van der Waals surface area contributed by atoms with Gasteiger partial charge in [0.1, 0.15) is 5.82 Å². The molecule has 1 aromatic rings. The van der Waals surface area contributed by atoms with Crippen LogP contribution in [-0.4, -0.2) is 29.6 Å². The molecule has 1 aliphatic rings. The maximum Gasteiger partial charge on any atom is 0.126 e. The molecule has 2 nitrogen and oxygen atoms in total. The van der Waals surface area contributed by atoms with Crippen molar-refractivity contribution < 1.29 is 4.39 Å². The minimum atomic E-state index is -0.221. The number of hydrogen-bond donors (Lipinski definition) is 1. The smallest absolute Gasteiger partial charge is 0.126 e. The van der Waals surface area contributed by atoms with Crippen LogP contribution in [-0.2, 0) is 6.42 Å². The van der Waals surface area contributed by atoms with Gasteiger partial charge in [0.2, 0.25) is 0 Å². The van der Waals surface area contributed by atoms with E-state index in [2.05, 4.69) is 18.7 Å². The molecule has 1 saturated heterocycles. The molecule has 1 aliphatic heterocycles. The Hall–Kier alpha value is -0.640. The topological polar surface area (TPSA) is 29.3 Å². The van der Waals surface area contributed by atoms with Gasteiger partial charge in [-0.15, -0.1) is 0 Å². The predicted octanol–water partition coefficient (Wildman–Crippen LogP) is 4.00. The second-order valence-corrected chi connectivity index (χ2v) is 7.04. The summed E-state index contributed by atoms with van der Waals surface area (Å²) < 4.78 is 13.9. The summed E-state index contributed by atoms with van der Waals surface area (Å²) in [6.45, 7) is 6.51. The molecule has 1 fully saturated rings. The Kier molecular flexibility index (Phi) is 5.64. The molecule has 1 unspecified atom stereocenters. The Labute approximate surface area is 132 Å². The van der Waals surface area contributed by atoms with E-state index >= 15 is 0 Å². The number of benzene rings is 1. The van der Waals surface area contributed by atoms with E-state index in [1.807, 2.05) is 0 Å². The van der Waals surface area contributed by atoms with Crippen LogP contribution in [0.15, 0.2) is 18.2 Å². The van der Waals surface area contributed by atoms with Gasteiger partial charge in [0, 0.05) is 16.6 Å². The van der Waals surface area contributed by atoms with Gasteiger partial charge in [-0.3, -0.25) is 4.90 Å². The van der Waals surface area contributed by atoms with E-state index in [-0.39, 0.29) is 17.4 Å². The fourth-order valence-electron chi connectivity index (χ4n) is 3.07. The van der Waals surface area contributed by atoms with Crippen LogP contribution < -0.4 is 5.73 Å². The van der Waals surface area contributed by atoms with Gasteiger partial charge in [-0.05, 0) is 70.0 Å². The van der Waals surface area contributed by atoms with E-state index in [9.17, 15) is 4.39 Å². The molecule has 2 rings (SSSR count). The van der Waals surface area contributed by atoms with Crippen molar-refractivity contribution in [3.8, 4) is 0 Å². The Balaban J connectivity index is 2.09. The number of hydrogen-bond acceptors (Lipinski definition) is 2. The van der Waals surface area contributed by atoms with Crippen molar-refractivity contribution >= 4 is 11.6 Å². The van der Waals surface area contributed by atoms with Crippen LogP contribution in [0.4, 0.5) is 4.39 Å². The zero-order chi connectivity index (χ0) is 15.5. The molecule has 1 aromatic carbocycles. The van der Waals surface area contributed by atoms with E-state index in [0.717, 1.165) is 13.1 Å². The summed E-state index contributed by atoms with van der Waals surface area (Å²) in [5.41, 5.74) is 6.90. The lowest BCUT2D eigenvalue weighted by atomic mass is 9.87. The first-order valence-electron chi connectivity index (χ1n) is 7.86. The summed E-state index contributed by atoms with van der Waals surface area (Å²) in [5.74, 6) is -0.221. The molecule has 118 valence electrons. The van der Waals surface area contributed by atoms with E-state index in [0.29, 0.717) is 17.0 Å². The highest BCUT2D eigenvalue weighted by Crippen LogP contribution is 2.26. The summed E-state index contributed by atoms with van der Waals surface area (Å²) >= 11 is 5.97. The van der Waals surface area contributed by atoms with Gasteiger partial charge in [0.15, 0.2) is 0 Å². The Bertz CT molecular complexity index is 468. The first-order chi connectivity index (χ1) is 9.91. The minimum Gasteiger partial charge on any atom is -0.326 e. The lowest BCUT2D eigenvalue weighted by Crippen LogP contribution is -2.57. The van der Waals surface area contributed by atoms with Gasteiger partial charge < -0.3 is 5.73 Å². The van der Waals surface area contributed by atoms with Crippen LogP contribution in [0.1, 0.15) is 45.1 Å². The molecule has 0 saturated carbocycles. The lowest BCUT2D eigenvalue weighted by Gasteiger charge is -2.42. The number of rotatable bonds is 4. The SMILES string of the molecule is CC(C)(C(N)Cc1cc(Cl)ccc1F)N1CCCCCC1. The summed E-state index contributed by atoms with van der Waals surface area (Å²) in [5, 5.41) is 0.561. The fourth-order valence-corrected chi connectivity index (χ4v) is 3.26. The summed E-state index contributed by atoms with van der Waals surface area (Å²) in [7, 11) is 0. The van der Waals surface area contributed by atoms with E-state index in [1.54, 1.807) is 12.1 Å². The van der Waals surface area contributed by atoms with Crippen LogP contribution in [0.5, 0.6) is 0 Å². The Morgan fingerprint density at radius 1 is 1.24 bits per heavy atom. The second-order valence-electron chi connectivity index (χ2n) is 6.60. The number of nitrogens with zero attached hydrogens (tertiary/aromatic N) is 1. The molecule has 0 aliphatic carbocycles. The lowest BCUT2D eigenvalue weighted by molar-refractivity contribution is 0.0976. The van der Waals surface area contributed by atoms with E-state index in [1.165, 1.54) is 31.7 Å². The maximum absolute atomic E-state index is 13.9. The summed E-state index contributed by atoms with van der Waals surface area (Å²) in [4.78, 5) is 2.47. The Morgan fingerprint density at radius 3 is 2.48 bits per heavy atom. The third-order valence-electron chi connectivity index (χ3n) is 4.78. The van der Waals surface area contributed by atoms with Crippen molar-refractivity contribution in [1.29, 1.82) is 0 Å². The van der Waals surface area contributed by atoms with Crippen molar-refractivity contribution in [2.75, 3.05) is 13.1 Å². The van der Waals surface area contributed by atoms with Crippen LogP contribution in [0.25, 0.3) is 0 Å². The van der Waals surface area contributed by atoms with Gasteiger partial charge in [-0.1, -0.05) is 24.4 Å². The second kappa shape index (κ2) is 7.08. The van der Waals surface area contributed by atoms with Crippen LogP contribution in [0.3, 0.4) is 0 Å².